The van der Waals surface area contributed by atoms with Gasteiger partial charge in [0.05, 0.1) is 22.4 Å². The van der Waals surface area contributed by atoms with Crippen LogP contribution >= 0.6 is 11.3 Å². The van der Waals surface area contributed by atoms with E-state index in [9.17, 15) is 14.9 Å². The number of non-ortho nitro benzene ring substituents is 1. The van der Waals surface area contributed by atoms with Crippen LogP contribution in [-0.4, -0.2) is 20.3 Å². The number of benzene rings is 1. The Morgan fingerprint density at radius 3 is 2.96 bits per heavy atom. The van der Waals surface area contributed by atoms with E-state index in [1.165, 1.54) is 30.3 Å². The number of carbonyl (C=O) groups is 1. The van der Waals surface area contributed by atoms with E-state index in [1.807, 2.05) is 24.4 Å². The minimum Gasteiger partial charge on any atom is -0.423 e. The van der Waals surface area contributed by atoms with Gasteiger partial charge in [-0.3, -0.25) is 14.5 Å². The summed E-state index contributed by atoms with van der Waals surface area (Å²) in [5.74, 6) is -0.489. The number of rotatable bonds is 4. The number of fused-ring (bicyclic) bond motifs is 1. The number of esters is 1. The van der Waals surface area contributed by atoms with Crippen molar-refractivity contribution in [3.63, 3.8) is 0 Å². The molecule has 0 radical (unpaired) electrons. The predicted octanol–water partition coefficient (Wildman–Crippen LogP) is 3.54. The number of aryl methyl sites for hydroxylation is 2. The first-order chi connectivity index (χ1) is 11.4. The van der Waals surface area contributed by atoms with Gasteiger partial charge in [-0.05, 0) is 26.0 Å². The van der Waals surface area contributed by atoms with E-state index < -0.39 is 10.9 Å². The van der Waals surface area contributed by atoms with E-state index in [0.717, 1.165) is 21.2 Å². The van der Waals surface area contributed by atoms with Crippen molar-refractivity contribution >= 4 is 34.0 Å². The van der Waals surface area contributed by atoms with Gasteiger partial charge in [-0.15, -0.1) is 11.3 Å². The first-order valence-corrected chi connectivity index (χ1v) is 7.85. The van der Waals surface area contributed by atoms with Gasteiger partial charge in [-0.2, -0.15) is 0 Å². The van der Waals surface area contributed by atoms with Gasteiger partial charge < -0.3 is 4.74 Å². The molecule has 0 bridgehead atoms. The van der Waals surface area contributed by atoms with Crippen molar-refractivity contribution in [3.8, 4) is 5.75 Å². The van der Waals surface area contributed by atoms with Gasteiger partial charge in [0.15, 0.2) is 4.96 Å². The fourth-order valence-electron chi connectivity index (χ4n) is 2.24. The molecular formula is C16H13N3O4S. The third-order valence-electron chi connectivity index (χ3n) is 3.29. The normalized spacial score (nSPS) is 11.2. The topological polar surface area (TPSA) is 86.7 Å². The van der Waals surface area contributed by atoms with Crippen molar-refractivity contribution in [1.82, 2.24) is 9.38 Å². The molecular weight excluding hydrogens is 330 g/mol. The van der Waals surface area contributed by atoms with Crippen LogP contribution in [0, 0.1) is 24.0 Å². The third kappa shape index (κ3) is 3.18. The van der Waals surface area contributed by atoms with Gasteiger partial charge in [0.25, 0.3) is 5.69 Å². The molecule has 0 aliphatic rings. The molecule has 122 valence electrons. The van der Waals surface area contributed by atoms with E-state index in [0.29, 0.717) is 0 Å². The number of carbonyl (C=O) groups excluding carboxylic acids is 1. The van der Waals surface area contributed by atoms with Crippen LogP contribution in [-0.2, 0) is 4.79 Å². The molecule has 0 amide bonds. The molecule has 8 heteroatoms. The lowest BCUT2D eigenvalue weighted by Crippen LogP contribution is -2.04. The summed E-state index contributed by atoms with van der Waals surface area (Å²) in [4.78, 5) is 28.5. The van der Waals surface area contributed by atoms with Crippen molar-refractivity contribution in [2.75, 3.05) is 0 Å². The molecule has 0 atom stereocenters. The van der Waals surface area contributed by atoms with Gasteiger partial charge in [0.1, 0.15) is 5.75 Å². The van der Waals surface area contributed by atoms with E-state index in [2.05, 4.69) is 4.98 Å². The van der Waals surface area contributed by atoms with Crippen LogP contribution in [0.4, 0.5) is 5.69 Å². The maximum Gasteiger partial charge on any atom is 0.336 e. The van der Waals surface area contributed by atoms with E-state index in [1.54, 1.807) is 17.4 Å². The summed E-state index contributed by atoms with van der Waals surface area (Å²) in [6.07, 6.45) is 4.86. The number of imidazole rings is 1. The summed E-state index contributed by atoms with van der Waals surface area (Å²) in [5, 5.41) is 10.7. The predicted molar refractivity (Wildman–Crippen MR) is 90.3 cm³/mol. The van der Waals surface area contributed by atoms with Crippen LogP contribution < -0.4 is 4.74 Å². The lowest BCUT2D eigenvalue weighted by atomic mass is 10.3. The van der Waals surface area contributed by atoms with E-state index in [-0.39, 0.29) is 11.4 Å². The zero-order valence-electron chi connectivity index (χ0n) is 12.9. The Kier molecular flexibility index (Phi) is 4.13. The van der Waals surface area contributed by atoms with Crippen molar-refractivity contribution in [2.45, 2.75) is 13.8 Å². The molecule has 7 nitrogen and oxygen atoms in total. The zero-order chi connectivity index (χ0) is 17.3. The van der Waals surface area contributed by atoms with Crippen molar-refractivity contribution in [3.05, 3.63) is 62.9 Å². The monoisotopic (exact) mass is 343 g/mol. The second-order valence-electron chi connectivity index (χ2n) is 5.09. The number of hydrogen-bond donors (Lipinski definition) is 0. The molecule has 0 saturated carbocycles. The Morgan fingerprint density at radius 1 is 1.42 bits per heavy atom. The summed E-state index contributed by atoms with van der Waals surface area (Å²) < 4.78 is 7.01. The molecule has 0 N–H and O–H groups in total. The highest BCUT2D eigenvalue weighted by Gasteiger charge is 2.11. The van der Waals surface area contributed by atoms with E-state index in [4.69, 9.17) is 4.74 Å². The summed E-state index contributed by atoms with van der Waals surface area (Å²) in [5.41, 5.74) is 1.47. The van der Waals surface area contributed by atoms with Crippen LogP contribution in [0.25, 0.3) is 11.0 Å². The highest BCUT2D eigenvalue weighted by atomic mass is 32.1. The number of hydrogen-bond acceptors (Lipinski definition) is 6. The first kappa shape index (κ1) is 15.9. The highest BCUT2D eigenvalue weighted by Crippen LogP contribution is 2.22. The number of thiazole rings is 1. The Hall–Kier alpha value is -3.00. The average molecular weight is 343 g/mol. The highest BCUT2D eigenvalue weighted by molar-refractivity contribution is 7.17. The fourth-order valence-corrected chi connectivity index (χ4v) is 3.12. The molecule has 0 unspecified atom stereocenters. The molecule has 0 aliphatic heterocycles. The minimum atomic E-state index is -0.614. The maximum atomic E-state index is 11.9. The molecule has 2 heterocycles. The number of aromatic nitrogens is 2. The molecule has 3 aromatic rings. The quantitative estimate of drug-likeness (QED) is 0.238. The number of nitrogens with zero attached hydrogens (tertiary/aromatic N) is 3. The average Bonchev–Trinajstić information content (AvgIpc) is 3.00. The molecule has 24 heavy (non-hydrogen) atoms. The number of ether oxygens (including phenoxy) is 1. The molecule has 1 aromatic carbocycles. The lowest BCUT2D eigenvalue weighted by Gasteiger charge is -2.00. The van der Waals surface area contributed by atoms with Gasteiger partial charge in [-0.25, -0.2) is 9.78 Å². The lowest BCUT2D eigenvalue weighted by molar-refractivity contribution is -0.384. The van der Waals surface area contributed by atoms with Gasteiger partial charge >= 0.3 is 5.97 Å². The van der Waals surface area contributed by atoms with Crippen LogP contribution in [0.15, 0.2) is 36.5 Å². The molecule has 0 saturated heterocycles. The SMILES string of the molecule is Cc1cn2c(/C=C\C(=O)Oc3cccc([N+](=O)[O-])c3)c(C)nc2s1. The summed E-state index contributed by atoms with van der Waals surface area (Å²) in [6.45, 7) is 3.85. The molecule has 0 aliphatic carbocycles. The van der Waals surface area contributed by atoms with Crippen LogP contribution in [0.5, 0.6) is 5.75 Å². The Bertz CT molecular complexity index is 971. The maximum absolute atomic E-state index is 11.9. The molecule has 3 rings (SSSR count). The minimum absolute atomic E-state index is 0.125. The third-order valence-corrected chi connectivity index (χ3v) is 4.18. The van der Waals surface area contributed by atoms with Crippen molar-refractivity contribution < 1.29 is 14.5 Å². The molecule has 2 aromatic heterocycles. The standard InChI is InChI=1S/C16H13N3O4S/c1-10-9-18-14(11(2)17-16(18)24-10)6-7-15(20)23-13-5-3-4-12(8-13)19(21)22/h3-9H,1-2H3/b7-6-. The van der Waals surface area contributed by atoms with Crippen LogP contribution in [0.1, 0.15) is 16.3 Å². The van der Waals surface area contributed by atoms with Crippen molar-refractivity contribution in [1.29, 1.82) is 0 Å². The summed E-state index contributed by atoms with van der Waals surface area (Å²) >= 11 is 1.57. The Balaban J connectivity index is 1.78. The van der Waals surface area contributed by atoms with Gasteiger partial charge in [-0.1, -0.05) is 6.07 Å². The second-order valence-corrected chi connectivity index (χ2v) is 6.30. The van der Waals surface area contributed by atoms with Crippen molar-refractivity contribution in [2.24, 2.45) is 0 Å². The zero-order valence-corrected chi connectivity index (χ0v) is 13.7. The van der Waals surface area contributed by atoms with Crippen LogP contribution in [0.2, 0.25) is 0 Å². The molecule has 0 spiro atoms. The van der Waals surface area contributed by atoms with E-state index >= 15 is 0 Å². The summed E-state index contributed by atoms with van der Waals surface area (Å²) in [7, 11) is 0. The van der Waals surface area contributed by atoms with Gasteiger partial charge in [0, 0.05) is 23.2 Å². The van der Waals surface area contributed by atoms with Crippen LogP contribution in [0.3, 0.4) is 0 Å². The summed E-state index contributed by atoms with van der Waals surface area (Å²) in [6, 6.07) is 5.49. The Morgan fingerprint density at radius 2 is 2.21 bits per heavy atom. The fraction of sp³-hybridized carbons (Fsp3) is 0.125. The number of nitro groups is 1. The largest absolute Gasteiger partial charge is 0.423 e. The molecule has 0 fully saturated rings. The number of nitro benzene ring substituents is 1. The second kappa shape index (κ2) is 6.25. The first-order valence-electron chi connectivity index (χ1n) is 7.03. The Labute approximate surface area is 141 Å². The smallest absolute Gasteiger partial charge is 0.336 e. The van der Waals surface area contributed by atoms with Gasteiger partial charge in [0.2, 0.25) is 0 Å².